The molecule has 1 heterocycles. The Balaban J connectivity index is 1.67. The summed E-state index contributed by atoms with van der Waals surface area (Å²) in [5.41, 5.74) is 6.15. The van der Waals surface area contributed by atoms with Crippen LogP contribution < -0.4 is 5.73 Å². The Labute approximate surface area is 105 Å². The van der Waals surface area contributed by atoms with Gasteiger partial charge in [-0.15, -0.1) is 0 Å². The molecule has 2 bridgehead atoms. The summed E-state index contributed by atoms with van der Waals surface area (Å²) in [4.78, 5) is 0. The van der Waals surface area contributed by atoms with Crippen molar-refractivity contribution in [3.05, 3.63) is 0 Å². The molecular formula is C13H24BNO2. The van der Waals surface area contributed by atoms with Crippen molar-refractivity contribution in [2.75, 3.05) is 0 Å². The predicted molar refractivity (Wildman–Crippen MR) is 68.4 cm³/mol. The summed E-state index contributed by atoms with van der Waals surface area (Å²) >= 11 is 0. The summed E-state index contributed by atoms with van der Waals surface area (Å²) < 4.78 is 12.3. The van der Waals surface area contributed by atoms with Crippen molar-refractivity contribution in [2.45, 2.75) is 64.1 Å². The summed E-state index contributed by atoms with van der Waals surface area (Å²) in [5.74, 6) is 2.22. The average molecular weight is 237 g/mol. The average Bonchev–Trinajstić information content (AvgIpc) is 2.52. The third-order valence-electron chi connectivity index (χ3n) is 4.99. The van der Waals surface area contributed by atoms with Crippen LogP contribution in [0.25, 0.3) is 0 Å². The van der Waals surface area contributed by atoms with Crippen LogP contribution in [-0.2, 0) is 9.31 Å². The molecule has 0 aromatic carbocycles. The van der Waals surface area contributed by atoms with Crippen LogP contribution in [-0.4, -0.2) is 24.8 Å². The van der Waals surface area contributed by atoms with E-state index in [4.69, 9.17) is 15.0 Å². The molecule has 17 heavy (non-hydrogen) atoms. The van der Waals surface area contributed by atoms with Gasteiger partial charge in [0.2, 0.25) is 0 Å². The van der Waals surface area contributed by atoms with E-state index in [-0.39, 0.29) is 18.7 Å². The molecule has 0 aromatic heterocycles. The van der Waals surface area contributed by atoms with Gasteiger partial charge in [0.25, 0.3) is 0 Å². The lowest BCUT2D eigenvalue weighted by Crippen LogP contribution is -2.56. The molecule has 2 N–H and O–H groups in total. The van der Waals surface area contributed by atoms with Crippen molar-refractivity contribution >= 4 is 7.12 Å². The number of hydrogen-bond donors (Lipinski definition) is 1. The van der Waals surface area contributed by atoms with Crippen molar-refractivity contribution < 1.29 is 9.31 Å². The fraction of sp³-hybridized carbons (Fsp3) is 1.00. The zero-order valence-electron chi connectivity index (χ0n) is 11.2. The fourth-order valence-electron chi connectivity index (χ4n) is 3.84. The van der Waals surface area contributed by atoms with Gasteiger partial charge in [0.15, 0.2) is 0 Å². The van der Waals surface area contributed by atoms with Gasteiger partial charge < -0.3 is 15.0 Å². The lowest BCUT2D eigenvalue weighted by molar-refractivity contribution is -0.114. The topological polar surface area (TPSA) is 44.5 Å². The van der Waals surface area contributed by atoms with Crippen LogP contribution in [0.3, 0.4) is 0 Å². The highest BCUT2D eigenvalue weighted by molar-refractivity contribution is 6.47. The van der Waals surface area contributed by atoms with Crippen LogP contribution in [0.4, 0.5) is 0 Å². The van der Waals surface area contributed by atoms with Crippen LogP contribution >= 0.6 is 0 Å². The van der Waals surface area contributed by atoms with Crippen LogP contribution in [0.15, 0.2) is 0 Å². The van der Waals surface area contributed by atoms with Gasteiger partial charge in [-0.1, -0.05) is 13.8 Å². The summed E-state index contributed by atoms with van der Waals surface area (Å²) in [5, 5.41) is 0. The van der Waals surface area contributed by atoms with E-state index in [0.29, 0.717) is 17.9 Å². The second-order valence-electron chi connectivity index (χ2n) is 6.86. The molecule has 0 radical (unpaired) electrons. The largest absolute Gasteiger partial charge is 0.475 e. The van der Waals surface area contributed by atoms with E-state index < -0.39 is 0 Å². The lowest BCUT2D eigenvalue weighted by atomic mass is 9.57. The zero-order valence-corrected chi connectivity index (χ0v) is 11.2. The second-order valence-corrected chi connectivity index (χ2v) is 6.86. The lowest BCUT2D eigenvalue weighted by Gasteiger charge is -2.53. The van der Waals surface area contributed by atoms with E-state index >= 15 is 0 Å². The van der Waals surface area contributed by atoms with Gasteiger partial charge in [0, 0.05) is 5.94 Å². The molecule has 3 nitrogen and oxygen atoms in total. The van der Waals surface area contributed by atoms with Gasteiger partial charge in [-0.3, -0.25) is 0 Å². The van der Waals surface area contributed by atoms with E-state index in [9.17, 15) is 0 Å². The van der Waals surface area contributed by atoms with Gasteiger partial charge in [0.05, 0.1) is 11.7 Å². The highest BCUT2D eigenvalue weighted by Crippen LogP contribution is 2.56. The van der Waals surface area contributed by atoms with Gasteiger partial charge in [-0.05, 0) is 50.4 Å². The van der Waals surface area contributed by atoms with E-state index in [1.807, 2.05) is 0 Å². The monoisotopic (exact) mass is 237 g/mol. The Morgan fingerprint density at radius 1 is 1.35 bits per heavy atom. The maximum absolute atomic E-state index is 6.22. The quantitative estimate of drug-likeness (QED) is 0.763. The summed E-state index contributed by atoms with van der Waals surface area (Å²) in [6.07, 6.45) is 5.12. The standard InChI is InChI=1S/C13H24BNO2/c1-8(2)4-12(15)14-16-11-7-9-5-10(6-9)13(11,3)17-14/h8-12H,4-7,15H2,1-3H3/t9-,10+,11-,12-,13+/m1/s1. The molecule has 1 aliphatic heterocycles. The number of hydrogen-bond acceptors (Lipinski definition) is 3. The molecule has 4 aliphatic rings. The van der Waals surface area contributed by atoms with Crippen molar-refractivity contribution in [3.8, 4) is 0 Å². The highest BCUT2D eigenvalue weighted by atomic mass is 16.7. The van der Waals surface area contributed by atoms with Crippen molar-refractivity contribution in [1.82, 2.24) is 0 Å². The Hall–Kier alpha value is -0.0551. The summed E-state index contributed by atoms with van der Waals surface area (Å²) in [7, 11) is -0.174. The molecule has 0 aromatic rings. The fourth-order valence-corrected chi connectivity index (χ4v) is 3.84. The minimum Gasteiger partial charge on any atom is -0.404 e. The first-order valence-corrected chi connectivity index (χ1v) is 7.08. The maximum atomic E-state index is 6.22. The Morgan fingerprint density at radius 2 is 2.06 bits per heavy atom. The first-order valence-electron chi connectivity index (χ1n) is 7.08. The molecule has 96 valence electrons. The van der Waals surface area contributed by atoms with Crippen LogP contribution in [0.1, 0.15) is 46.5 Å². The van der Waals surface area contributed by atoms with Gasteiger partial charge in [0.1, 0.15) is 0 Å². The van der Waals surface area contributed by atoms with E-state index in [1.54, 1.807) is 0 Å². The molecule has 4 rings (SSSR count). The predicted octanol–water partition coefficient (Wildman–Crippen LogP) is 1.99. The van der Waals surface area contributed by atoms with E-state index in [2.05, 4.69) is 20.8 Å². The Bertz CT molecular complexity index is 306. The van der Waals surface area contributed by atoms with E-state index in [0.717, 1.165) is 12.3 Å². The van der Waals surface area contributed by atoms with Crippen LogP contribution in [0.5, 0.6) is 0 Å². The van der Waals surface area contributed by atoms with Crippen molar-refractivity contribution in [1.29, 1.82) is 0 Å². The highest BCUT2D eigenvalue weighted by Gasteiger charge is 2.61. The molecule has 3 saturated carbocycles. The molecule has 0 spiro atoms. The van der Waals surface area contributed by atoms with Crippen LogP contribution in [0, 0.1) is 17.8 Å². The smallest absolute Gasteiger partial charge is 0.404 e. The van der Waals surface area contributed by atoms with Gasteiger partial charge >= 0.3 is 7.12 Å². The third-order valence-corrected chi connectivity index (χ3v) is 4.99. The molecule has 1 saturated heterocycles. The number of rotatable bonds is 3. The summed E-state index contributed by atoms with van der Waals surface area (Å²) in [6, 6.07) is 0. The minimum atomic E-state index is -0.174. The second kappa shape index (κ2) is 3.97. The Kier molecular flexibility index (Phi) is 2.80. The number of nitrogens with two attached hydrogens (primary N) is 1. The zero-order chi connectivity index (χ0) is 12.2. The first-order chi connectivity index (χ1) is 7.99. The maximum Gasteiger partial charge on any atom is 0.475 e. The molecule has 0 unspecified atom stereocenters. The molecule has 3 aliphatic carbocycles. The third kappa shape index (κ3) is 1.85. The van der Waals surface area contributed by atoms with Crippen LogP contribution in [0.2, 0.25) is 0 Å². The molecular weight excluding hydrogens is 213 g/mol. The minimum absolute atomic E-state index is 0.0228. The molecule has 3 atom stereocenters. The molecule has 4 heteroatoms. The first kappa shape index (κ1) is 12.0. The van der Waals surface area contributed by atoms with E-state index in [1.165, 1.54) is 19.3 Å². The summed E-state index contributed by atoms with van der Waals surface area (Å²) in [6.45, 7) is 6.63. The Morgan fingerprint density at radius 3 is 2.65 bits per heavy atom. The normalized spacial score (nSPS) is 45.7. The molecule has 4 fully saturated rings. The molecule has 0 amide bonds. The van der Waals surface area contributed by atoms with Crippen molar-refractivity contribution in [2.24, 2.45) is 23.5 Å². The SMILES string of the molecule is CC(C)C[C@@H](N)B1O[C@@H]2C[C@H]3C[C@H](C3)[C@]2(C)O1. The van der Waals surface area contributed by atoms with Gasteiger partial charge in [-0.2, -0.15) is 0 Å². The van der Waals surface area contributed by atoms with Gasteiger partial charge in [-0.25, -0.2) is 0 Å². The van der Waals surface area contributed by atoms with Crippen molar-refractivity contribution in [3.63, 3.8) is 0 Å².